The van der Waals surface area contributed by atoms with E-state index in [2.05, 4.69) is 31.3 Å². The Morgan fingerprint density at radius 2 is 2.04 bits per heavy atom. The second-order valence-corrected chi connectivity index (χ2v) is 7.50. The van der Waals surface area contributed by atoms with Crippen LogP contribution in [-0.4, -0.2) is 24.1 Å². The number of ether oxygens (including phenoxy) is 1. The van der Waals surface area contributed by atoms with Crippen LogP contribution in [0.3, 0.4) is 0 Å². The number of aryl methyl sites for hydroxylation is 1. The van der Waals surface area contributed by atoms with Crippen LogP contribution in [-0.2, 0) is 11.2 Å². The predicted octanol–water partition coefficient (Wildman–Crippen LogP) is 3.85. The average Bonchev–Trinajstić information content (AvgIpc) is 3.06. The molecule has 142 valence electrons. The third kappa shape index (κ3) is 6.52. The fourth-order valence-electron chi connectivity index (χ4n) is 3.04. The molecule has 0 saturated heterocycles. The van der Waals surface area contributed by atoms with E-state index in [4.69, 9.17) is 10.5 Å². The highest BCUT2D eigenvalue weighted by Crippen LogP contribution is 2.25. The van der Waals surface area contributed by atoms with Gasteiger partial charge in [0.1, 0.15) is 5.75 Å². The molecule has 1 fully saturated rings. The number of hydrogen-bond donors (Lipinski definition) is 2. The van der Waals surface area contributed by atoms with E-state index in [9.17, 15) is 4.79 Å². The lowest BCUT2D eigenvalue weighted by atomic mass is 9.88. The number of amides is 1. The van der Waals surface area contributed by atoms with Crippen molar-refractivity contribution < 1.29 is 9.53 Å². The normalized spacial score (nSPS) is 17.0. The lowest BCUT2D eigenvalue weighted by Crippen LogP contribution is -2.55. The summed E-state index contributed by atoms with van der Waals surface area (Å²) in [6.45, 7) is 6.61. The fraction of sp³-hybridized carbons (Fsp3) is 0.650. The van der Waals surface area contributed by atoms with Crippen molar-refractivity contribution in [1.29, 1.82) is 0 Å². The van der Waals surface area contributed by atoms with Crippen molar-refractivity contribution in [1.82, 2.24) is 5.32 Å². The number of nitrogens with one attached hydrogen (secondary N) is 1. The molecule has 0 spiro atoms. The van der Waals surface area contributed by atoms with Gasteiger partial charge in [-0.05, 0) is 62.6 Å². The van der Waals surface area contributed by atoms with Crippen LogP contribution in [0.2, 0.25) is 0 Å². The first-order valence-corrected chi connectivity index (χ1v) is 9.19. The van der Waals surface area contributed by atoms with Crippen molar-refractivity contribution in [2.75, 3.05) is 6.54 Å². The lowest BCUT2D eigenvalue weighted by Gasteiger charge is -2.33. The summed E-state index contributed by atoms with van der Waals surface area (Å²) >= 11 is 0. The van der Waals surface area contributed by atoms with Gasteiger partial charge < -0.3 is 15.8 Å². The number of nitrogens with two attached hydrogens (primary N) is 1. The maximum atomic E-state index is 12.3. The Kier molecular flexibility index (Phi) is 8.74. The summed E-state index contributed by atoms with van der Waals surface area (Å²) in [5.74, 6) is 1.28. The number of carbonyl (C=O) groups excluding carboxylic acids is 1. The topological polar surface area (TPSA) is 64.3 Å². The van der Waals surface area contributed by atoms with Crippen LogP contribution in [0.15, 0.2) is 24.3 Å². The maximum Gasteiger partial charge on any atom is 0.220 e. The molecule has 3 N–H and O–H groups in total. The van der Waals surface area contributed by atoms with E-state index in [0.29, 0.717) is 31.4 Å². The maximum absolute atomic E-state index is 12.3. The molecule has 4 nitrogen and oxygen atoms in total. The van der Waals surface area contributed by atoms with Crippen molar-refractivity contribution in [2.45, 2.75) is 70.9 Å². The highest BCUT2D eigenvalue weighted by Gasteiger charge is 2.28. The summed E-state index contributed by atoms with van der Waals surface area (Å²) in [4.78, 5) is 12.3. The van der Waals surface area contributed by atoms with E-state index < -0.39 is 0 Å². The van der Waals surface area contributed by atoms with Crippen LogP contribution < -0.4 is 15.8 Å². The molecule has 5 heteroatoms. The molecule has 0 aromatic heterocycles. The minimum absolute atomic E-state index is 0. The van der Waals surface area contributed by atoms with Crippen LogP contribution in [0.1, 0.15) is 58.4 Å². The number of hydrogen-bond acceptors (Lipinski definition) is 3. The van der Waals surface area contributed by atoms with Gasteiger partial charge in [0.15, 0.2) is 0 Å². The molecular weight excluding hydrogens is 336 g/mol. The van der Waals surface area contributed by atoms with Gasteiger partial charge in [0.2, 0.25) is 5.91 Å². The highest BCUT2D eigenvalue weighted by atomic mass is 35.5. The summed E-state index contributed by atoms with van der Waals surface area (Å²) in [7, 11) is 0. The molecule has 25 heavy (non-hydrogen) atoms. The minimum atomic E-state index is -0.343. The molecular formula is C20H33ClN2O2. The molecule has 0 bridgehead atoms. The standard InChI is InChI=1S/C20H32N2O2.ClH/c1-15(2)20(3,14-21)22-19(23)12-11-16-7-6-10-18(13-16)24-17-8-4-5-9-17;/h6-7,10,13,15,17H,4-5,8-9,11-12,14,21H2,1-3H3,(H,22,23);1H. The summed E-state index contributed by atoms with van der Waals surface area (Å²) < 4.78 is 6.04. The van der Waals surface area contributed by atoms with E-state index in [-0.39, 0.29) is 23.9 Å². The molecule has 2 rings (SSSR count). The first-order chi connectivity index (χ1) is 11.4. The zero-order valence-electron chi connectivity index (χ0n) is 15.7. The minimum Gasteiger partial charge on any atom is -0.490 e. The van der Waals surface area contributed by atoms with Gasteiger partial charge in [0.05, 0.1) is 11.6 Å². The van der Waals surface area contributed by atoms with Crippen molar-refractivity contribution in [3.63, 3.8) is 0 Å². The van der Waals surface area contributed by atoms with Crippen molar-refractivity contribution >= 4 is 18.3 Å². The molecule has 0 aliphatic heterocycles. The third-order valence-corrected chi connectivity index (χ3v) is 5.27. The van der Waals surface area contributed by atoms with Crippen LogP contribution >= 0.6 is 12.4 Å². The van der Waals surface area contributed by atoms with E-state index in [1.165, 1.54) is 12.8 Å². The summed E-state index contributed by atoms with van der Waals surface area (Å²) in [6.07, 6.45) is 6.38. The number of halogens is 1. The van der Waals surface area contributed by atoms with Crippen LogP contribution in [0.5, 0.6) is 5.75 Å². The second kappa shape index (κ2) is 10.0. The van der Waals surface area contributed by atoms with E-state index in [1.54, 1.807) is 0 Å². The van der Waals surface area contributed by atoms with Gasteiger partial charge in [-0.25, -0.2) is 0 Å². The third-order valence-electron chi connectivity index (χ3n) is 5.27. The van der Waals surface area contributed by atoms with Crippen molar-refractivity contribution in [3.8, 4) is 5.75 Å². The molecule has 1 aromatic rings. The van der Waals surface area contributed by atoms with Gasteiger partial charge in [-0.1, -0.05) is 26.0 Å². The van der Waals surface area contributed by atoms with E-state index >= 15 is 0 Å². The Morgan fingerprint density at radius 1 is 1.36 bits per heavy atom. The van der Waals surface area contributed by atoms with Crippen molar-refractivity contribution in [3.05, 3.63) is 29.8 Å². The molecule has 1 unspecified atom stereocenters. The van der Waals surface area contributed by atoms with Gasteiger partial charge in [-0.2, -0.15) is 0 Å². The van der Waals surface area contributed by atoms with Gasteiger partial charge in [0, 0.05) is 13.0 Å². The first kappa shape index (κ1) is 21.8. The molecule has 0 radical (unpaired) electrons. The van der Waals surface area contributed by atoms with Crippen molar-refractivity contribution in [2.24, 2.45) is 11.7 Å². The Morgan fingerprint density at radius 3 is 2.64 bits per heavy atom. The molecule has 1 aromatic carbocycles. The Bertz CT molecular complexity index is 544. The SMILES string of the molecule is CC(C)C(C)(CN)NC(=O)CCc1cccc(OC2CCCC2)c1.Cl. The Labute approximate surface area is 158 Å². The first-order valence-electron chi connectivity index (χ1n) is 9.19. The van der Waals surface area contributed by atoms with E-state index in [0.717, 1.165) is 24.2 Å². The smallest absolute Gasteiger partial charge is 0.220 e. The lowest BCUT2D eigenvalue weighted by molar-refractivity contribution is -0.123. The number of carbonyl (C=O) groups is 1. The summed E-state index contributed by atoms with van der Waals surface area (Å²) in [5.41, 5.74) is 6.63. The quantitative estimate of drug-likeness (QED) is 0.732. The fourth-order valence-corrected chi connectivity index (χ4v) is 3.04. The van der Waals surface area contributed by atoms with Gasteiger partial charge >= 0.3 is 0 Å². The highest BCUT2D eigenvalue weighted by molar-refractivity contribution is 5.85. The van der Waals surface area contributed by atoms with Crippen LogP contribution in [0, 0.1) is 5.92 Å². The number of rotatable bonds is 8. The Balaban J connectivity index is 0.00000312. The van der Waals surface area contributed by atoms with Crippen LogP contribution in [0.25, 0.3) is 0 Å². The monoisotopic (exact) mass is 368 g/mol. The molecule has 1 saturated carbocycles. The number of benzene rings is 1. The van der Waals surface area contributed by atoms with Crippen LogP contribution in [0.4, 0.5) is 0 Å². The predicted molar refractivity (Wildman–Crippen MR) is 105 cm³/mol. The van der Waals surface area contributed by atoms with Gasteiger partial charge in [0.25, 0.3) is 0 Å². The average molecular weight is 369 g/mol. The molecule has 1 aliphatic rings. The molecule has 1 amide bonds. The Hall–Kier alpha value is -1.26. The summed E-state index contributed by atoms with van der Waals surface area (Å²) in [6, 6.07) is 8.14. The molecule has 1 atom stereocenters. The zero-order chi connectivity index (χ0) is 17.6. The van der Waals surface area contributed by atoms with Gasteiger partial charge in [-0.15, -0.1) is 12.4 Å². The summed E-state index contributed by atoms with van der Waals surface area (Å²) in [5, 5.41) is 3.09. The largest absolute Gasteiger partial charge is 0.490 e. The van der Waals surface area contributed by atoms with E-state index in [1.807, 2.05) is 19.1 Å². The zero-order valence-corrected chi connectivity index (χ0v) is 16.5. The second-order valence-electron chi connectivity index (χ2n) is 7.50. The molecule has 0 heterocycles. The van der Waals surface area contributed by atoms with Gasteiger partial charge in [-0.3, -0.25) is 4.79 Å². The molecule has 1 aliphatic carbocycles.